The average Bonchev–Trinajstić information content (AvgIpc) is 3.31. The molecule has 5 aliphatic rings. The Bertz CT molecular complexity index is 1090. The number of rotatable bonds is 11. The van der Waals surface area contributed by atoms with Crippen LogP contribution in [0.2, 0.25) is 0 Å². The van der Waals surface area contributed by atoms with E-state index in [0.29, 0.717) is 43.1 Å². The Labute approximate surface area is 262 Å². The maximum absolute atomic E-state index is 13.4. The summed E-state index contributed by atoms with van der Waals surface area (Å²) in [6, 6.07) is 0. The summed E-state index contributed by atoms with van der Waals surface area (Å²) >= 11 is 0. The van der Waals surface area contributed by atoms with E-state index >= 15 is 0 Å². The van der Waals surface area contributed by atoms with Crippen molar-refractivity contribution in [3.8, 4) is 0 Å². The van der Waals surface area contributed by atoms with Gasteiger partial charge in [-0.25, -0.2) is 4.79 Å². The monoisotopic (exact) mass is 620 g/mol. The van der Waals surface area contributed by atoms with Gasteiger partial charge in [-0.15, -0.1) is 0 Å². The van der Waals surface area contributed by atoms with Crippen molar-refractivity contribution >= 4 is 17.8 Å². The molecule has 11 nitrogen and oxygen atoms in total. The molecule has 7 unspecified atom stereocenters. The zero-order valence-corrected chi connectivity index (χ0v) is 27.2. The largest absolute Gasteiger partial charge is 0.462 e. The molecule has 11 heteroatoms. The van der Waals surface area contributed by atoms with Crippen molar-refractivity contribution in [1.82, 2.24) is 4.90 Å². The number of aliphatic hydroxyl groups is 1. The lowest BCUT2D eigenvalue weighted by molar-refractivity contribution is -0.706. The fourth-order valence-electron chi connectivity index (χ4n) is 8.76. The first-order valence-electron chi connectivity index (χ1n) is 17.0. The predicted octanol–water partition coefficient (Wildman–Crippen LogP) is -0.187. The standard InChI is InChI=1S/C33H54N4O7/c1-5-21(8-9-38)31(41)44-32(2,3)33(15-24-10-22-6-7-30(40)42-26(22)13-27(24)43-33)14-23-11-28(34)36-17-25(23)12-29(39)37-18-20(19-37)16-35-4/h5,20,22-28,35-36,38H,6-19,34H2,1-4H3/p+2/t22?,23?,24?,25?,26?,27?,28?,33-/m1/s1. The van der Waals surface area contributed by atoms with Crippen molar-refractivity contribution in [1.29, 1.82) is 0 Å². The van der Waals surface area contributed by atoms with E-state index in [1.165, 1.54) is 0 Å². The van der Waals surface area contributed by atoms with E-state index in [-0.39, 0.29) is 61.0 Å². The van der Waals surface area contributed by atoms with Crippen molar-refractivity contribution in [3.63, 3.8) is 0 Å². The normalized spacial score (nSPS) is 36.2. The number of likely N-dealkylation sites (tertiary alicyclic amines) is 1. The maximum Gasteiger partial charge on any atom is 0.334 e. The van der Waals surface area contributed by atoms with Crippen LogP contribution in [0.25, 0.3) is 0 Å². The molecule has 0 bridgehead atoms. The zero-order chi connectivity index (χ0) is 31.6. The molecule has 0 radical (unpaired) electrons. The van der Waals surface area contributed by atoms with Crippen molar-refractivity contribution in [2.75, 3.05) is 39.8 Å². The van der Waals surface area contributed by atoms with E-state index in [9.17, 15) is 19.5 Å². The number of esters is 2. The minimum Gasteiger partial charge on any atom is -0.462 e. The van der Waals surface area contributed by atoms with Gasteiger partial charge in [0.05, 0.1) is 26.2 Å². The third-order valence-corrected chi connectivity index (χ3v) is 11.4. The van der Waals surface area contributed by atoms with Gasteiger partial charge in [-0.2, -0.15) is 0 Å². The number of nitrogens with two attached hydrogens (primary N) is 3. The van der Waals surface area contributed by atoms with Crippen LogP contribution in [0.1, 0.15) is 78.6 Å². The first kappa shape index (κ1) is 33.3. The molecule has 44 heavy (non-hydrogen) atoms. The molecule has 4 heterocycles. The van der Waals surface area contributed by atoms with Gasteiger partial charge >= 0.3 is 11.9 Å². The highest BCUT2D eigenvalue weighted by atomic mass is 16.6. The van der Waals surface area contributed by atoms with Crippen LogP contribution in [-0.4, -0.2) is 97.3 Å². The summed E-state index contributed by atoms with van der Waals surface area (Å²) in [5.74, 6) is 1.06. The Kier molecular flexibility index (Phi) is 10.4. The SMILES string of the molecule is CC=C(CCO)C(=O)OC(C)(C)[C@@]1(CC2CC(N)[NH2+]CC2CC(=O)N2CC(C[NH2+]C)C2)CC2CC3CCC(=O)OC3CC2O1. The summed E-state index contributed by atoms with van der Waals surface area (Å²) in [6.07, 6.45) is 7.12. The molecular weight excluding hydrogens is 564 g/mol. The minimum absolute atomic E-state index is 0.0623. The highest BCUT2D eigenvalue weighted by molar-refractivity contribution is 5.88. The molecule has 1 amide bonds. The molecule has 1 saturated carbocycles. The average molecular weight is 621 g/mol. The number of piperidine rings is 1. The Morgan fingerprint density at radius 3 is 2.68 bits per heavy atom. The topological polar surface area (TPSA) is 162 Å². The fraction of sp³-hybridized carbons (Fsp3) is 0.848. The molecule has 5 fully saturated rings. The van der Waals surface area contributed by atoms with E-state index < -0.39 is 17.2 Å². The third-order valence-electron chi connectivity index (χ3n) is 11.4. The van der Waals surface area contributed by atoms with Crippen molar-refractivity contribution in [2.24, 2.45) is 35.3 Å². The van der Waals surface area contributed by atoms with Crippen LogP contribution in [0, 0.1) is 29.6 Å². The van der Waals surface area contributed by atoms with Crippen LogP contribution in [-0.2, 0) is 28.6 Å². The Morgan fingerprint density at radius 2 is 1.98 bits per heavy atom. The van der Waals surface area contributed by atoms with Gasteiger partial charge in [0.15, 0.2) is 0 Å². The van der Waals surface area contributed by atoms with E-state index in [1.54, 1.807) is 13.0 Å². The van der Waals surface area contributed by atoms with Crippen molar-refractivity contribution < 1.29 is 44.3 Å². The number of fused-ring (bicyclic) bond motifs is 2. The molecule has 4 aliphatic heterocycles. The van der Waals surface area contributed by atoms with E-state index in [2.05, 4.69) is 17.7 Å². The molecule has 1 aliphatic carbocycles. The number of hydrogen-bond donors (Lipinski definition) is 4. The second kappa shape index (κ2) is 13.7. The lowest BCUT2D eigenvalue weighted by atomic mass is 9.67. The van der Waals surface area contributed by atoms with Crippen molar-refractivity contribution in [3.05, 3.63) is 11.6 Å². The Balaban J connectivity index is 1.38. The molecule has 0 aromatic heterocycles. The molecule has 5 rings (SSSR count). The first-order chi connectivity index (χ1) is 21.0. The van der Waals surface area contributed by atoms with Crippen LogP contribution in [0.15, 0.2) is 11.6 Å². The molecule has 0 aromatic rings. The number of carbonyl (C=O) groups excluding carboxylic acids is 3. The van der Waals surface area contributed by atoms with Crippen molar-refractivity contribution in [2.45, 2.75) is 108 Å². The molecule has 4 saturated heterocycles. The van der Waals surface area contributed by atoms with Gasteiger partial charge < -0.3 is 34.9 Å². The Hall–Kier alpha value is -2.05. The summed E-state index contributed by atoms with van der Waals surface area (Å²) in [4.78, 5) is 40.9. The first-order valence-corrected chi connectivity index (χ1v) is 17.0. The second-order valence-electron chi connectivity index (χ2n) is 14.7. The maximum atomic E-state index is 13.4. The molecule has 7 N–H and O–H groups in total. The molecule has 0 aromatic carbocycles. The molecule has 8 atom stereocenters. The summed E-state index contributed by atoms with van der Waals surface area (Å²) < 4.78 is 19.2. The van der Waals surface area contributed by atoms with Crippen LogP contribution in [0.4, 0.5) is 0 Å². The summed E-state index contributed by atoms with van der Waals surface area (Å²) in [7, 11) is 2.07. The number of aliphatic hydroxyl groups excluding tert-OH is 1. The smallest absolute Gasteiger partial charge is 0.334 e. The minimum atomic E-state index is -0.992. The van der Waals surface area contributed by atoms with Gasteiger partial charge in [-0.3, -0.25) is 15.3 Å². The Morgan fingerprint density at radius 1 is 1.20 bits per heavy atom. The summed E-state index contributed by atoms with van der Waals surface area (Å²) in [5, 5.41) is 13.9. The van der Waals surface area contributed by atoms with Gasteiger partial charge in [0.1, 0.15) is 23.5 Å². The van der Waals surface area contributed by atoms with E-state index in [1.807, 2.05) is 18.7 Å². The van der Waals surface area contributed by atoms with Crippen LogP contribution in [0.5, 0.6) is 0 Å². The highest BCUT2D eigenvalue weighted by Gasteiger charge is 2.61. The number of amides is 1. The van der Waals surface area contributed by atoms with E-state index in [0.717, 1.165) is 51.9 Å². The van der Waals surface area contributed by atoms with Crippen LogP contribution in [0.3, 0.4) is 0 Å². The third kappa shape index (κ3) is 7.02. The number of hydrogen-bond acceptors (Lipinski definition) is 8. The number of nitrogens with zero attached hydrogens (tertiary/aromatic N) is 1. The lowest BCUT2D eigenvalue weighted by Crippen LogP contribution is -2.96. The summed E-state index contributed by atoms with van der Waals surface area (Å²) in [5.41, 5.74) is 5.17. The molecular formula is C33H56N4O7+2. The van der Waals surface area contributed by atoms with Gasteiger partial charge in [-0.05, 0) is 64.2 Å². The molecule has 0 spiro atoms. The van der Waals surface area contributed by atoms with Crippen LogP contribution >= 0.6 is 0 Å². The van der Waals surface area contributed by atoms with E-state index in [4.69, 9.17) is 19.9 Å². The summed E-state index contributed by atoms with van der Waals surface area (Å²) in [6.45, 7) is 9.02. The fourth-order valence-corrected chi connectivity index (χ4v) is 8.76. The quantitative estimate of drug-likeness (QED) is 0.183. The lowest BCUT2D eigenvalue weighted by Gasteiger charge is -2.47. The second-order valence-corrected chi connectivity index (χ2v) is 14.7. The molecule has 248 valence electrons. The number of quaternary nitrogens is 2. The highest BCUT2D eigenvalue weighted by Crippen LogP contribution is 2.55. The van der Waals surface area contributed by atoms with Gasteiger partial charge in [0.2, 0.25) is 5.91 Å². The van der Waals surface area contributed by atoms with Gasteiger partial charge in [-0.1, -0.05) is 6.08 Å². The predicted molar refractivity (Wildman–Crippen MR) is 162 cm³/mol. The number of ether oxygens (including phenoxy) is 3. The van der Waals surface area contributed by atoms with Gasteiger partial charge in [0, 0.05) is 69.2 Å². The zero-order valence-electron chi connectivity index (χ0n) is 27.2. The van der Waals surface area contributed by atoms with Crippen LogP contribution < -0.4 is 16.4 Å². The van der Waals surface area contributed by atoms with Gasteiger partial charge in [0.25, 0.3) is 0 Å². The number of carbonyl (C=O) groups is 3. The number of allylic oxidation sites excluding steroid dienone is 1.